The van der Waals surface area contributed by atoms with Gasteiger partial charge in [-0.3, -0.25) is 4.79 Å². The average Bonchev–Trinajstić information content (AvgIpc) is 2.63. The van der Waals surface area contributed by atoms with Gasteiger partial charge < -0.3 is 10.0 Å². The van der Waals surface area contributed by atoms with Gasteiger partial charge in [-0.25, -0.2) is 4.39 Å². The van der Waals surface area contributed by atoms with Gasteiger partial charge in [0, 0.05) is 13.0 Å². The van der Waals surface area contributed by atoms with Crippen LogP contribution in [0, 0.1) is 5.82 Å². The molecule has 4 heteroatoms. The third-order valence-electron chi connectivity index (χ3n) is 2.92. The zero-order chi connectivity index (χ0) is 11.5. The highest BCUT2D eigenvalue weighted by atomic mass is 19.1. The monoisotopic (exact) mass is 223 g/mol. The van der Waals surface area contributed by atoms with Crippen molar-refractivity contribution in [1.82, 2.24) is 4.90 Å². The molecule has 0 spiro atoms. The molecule has 1 heterocycles. The van der Waals surface area contributed by atoms with Crippen LogP contribution >= 0.6 is 0 Å². The number of carbonyl (C=O) groups excluding carboxylic acids is 1. The minimum absolute atomic E-state index is 0.0137. The summed E-state index contributed by atoms with van der Waals surface area (Å²) in [5.41, 5.74) is 0.931. The molecule has 0 aliphatic carbocycles. The summed E-state index contributed by atoms with van der Waals surface area (Å²) in [6.07, 6.45) is 1.24. The summed E-state index contributed by atoms with van der Waals surface area (Å²) in [4.78, 5) is 13.2. The highest BCUT2D eigenvalue weighted by Crippen LogP contribution is 2.32. The van der Waals surface area contributed by atoms with Crippen molar-refractivity contribution in [3.63, 3.8) is 0 Å². The Bertz CT molecular complexity index is 377. The molecule has 3 nitrogen and oxygen atoms in total. The fourth-order valence-electron chi connectivity index (χ4n) is 2.15. The Morgan fingerprint density at radius 3 is 2.69 bits per heavy atom. The maximum absolute atomic E-state index is 12.8. The van der Waals surface area contributed by atoms with Crippen LogP contribution in [0.1, 0.15) is 24.4 Å². The summed E-state index contributed by atoms with van der Waals surface area (Å²) in [6, 6.07) is 6.18. The number of β-amino-alcohol motifs (C(OH)–C–C–N with tert-alkyl or cyclic N) is 1. The van der Waals surface area contributed by atoms with Gasteiger partial charge in [0.1, 0.15) is 5.82 Å². The van der Waals surface area contributed by atoms with Crippen molar-refractivity contribution in [1.29, 1.82) is 0 Å². The molecule has 0 radical (unpaired) electrons. The molecule has 1 N–H and O–H groups in total. The number of halogens is 1. The lowest BCUT2D eigenvalue weighted by Gasteiger charge is -2.24. The van der Waals surface area contributed by atoms with E-state index in [-0.39, 0.29) is 24.4 Å². The minimum atomic E-state index is -0.276. The molecule has 16 heavy (non-hydrogen) atoms. The van der Waals surface area contributed by atoms with Crippen molar-refractivity contribution < 1.29 is 14.3 Å². The van der Waals surface area contributed by atoms with Crippen LogP contribution in [0.4, 0.5) is 4.39 Å². The largest absolute Gasteiger partial charge is 0.395 e. The number of amides is 1. The number of hydrogen-bond donors (Lipinski definition) is 1. The Kier molecular flexibility index (Phi) is 3.19. The van der Waals surface area contributed by atoms with E-state index >= 15 is 0 Å². The van der Waals surface area contributed by atoms with E-state index in [9.17, 15) is 9.18 Å². The summed E-state index contributed by atoms with van der Waals surface area (Å²) in [7, 11) is 0. The molecular formula is C12H14FNO2. The smallest absolute Gasteiger partial charge is 0.223 e. The molecule has 1 aliphatic rings. The number of hydrogen-bond acceptors (Lipinski definition) is 2. The fourth-order valence-corrected chi connectivity index (χ4v) is 2.15. The van der Waals surface area contributed by atoms with E-state index in [1.807, 2.05) is 0 Å². The number of benzene rings is 1. The van der Waals surface area contributed by atoms with Crippen molar-refractivity contribution in [3.8, 4) is 0 Å². The van der Waals surface area contributed by atoms with Crippen LogP contribution in [0.5, 0.6) is 0 Å². The SMILES string of the molecule is O=C1CC[C@@H](c2ccc(F)cc2)N1CCO. The van der Waals surface area contributed by atoms with E-state index < -0.39 is 0 Å². The molecule has 86 valence electrons. The van der Waals surface area contributed by atoms with Gasteiger partial charge in [0.05, 0.1) is 12.6 Å². The van der Waals surface area contributed by atoms with Crippen molar-refractivity contribution in [2.24, 2.45) is 0 Å². The second-order valence-electron chi connectivity index (χ2n) is 3.92. The van der Waals surface area contributed by atoms with Crippen molar-refractivity contribution in [2.75, 3.05) is 13.2 Å². The van der Waals surface area contributed by atoms with Crippen LogP contribution in [0.3, 0.4) is 0 Å². The first-order valence-electron chi connectivity index (χ1n) is 5.38. The zero-order valence-electron chi connectivity index (χ0n) is 8.90. The lowest BCUT2D eigenvalue weighted by atomic mass is 10.0. The van der Waals surface area contributed by atoms with Gasteiger partial charge in [-0.1, -0.05) is 12.1 Å². The summed E-state index contributed by atoms with van der Waals surface area (Å²) >= 11 is 0. The summed E-state index contributed by atoms with van der Waals surface area (Å²) in [6.45, 7) is 0.310. The zero-order valence-corrected chi connectivity index (χ0v) is 8.90. The second-order valence-corrected chi connectivity index (χ2v) is 3.92. The predicted molar refractivity (Wildman–Crippen MR) is 57.2 cm³/mol. The van der Waals surface area contributed by atoms with E-state index in [4.69, 9.17) is 5.11 Å². The first kappa shape index (κ1) is 11.1. The molecule has 1 fully saturated rings. The molecule has 1 aromatic carbocycles. The molecule has 0 bridgehead atoms. The predicted octanol–water partition coefficient (Wildman–Crippen LogP) is 1.48. The molecule has 1 amide bonds. The molecule has 1 atom stereocenters. The number of aliphatic hydroxyl groups excluding tert-OH is 1. The normalized spacial score (nSPS) is 20.5. The van der Waals surface area contributed by atoms with Gasteiger partial charge in [0.15, 0.2) is 0 Å². The number of rotatable bonds is 3. The molecule has 1 aliphatic heterocycles. The van der Waals surface area contributed by atoms with Crippen LogP contribution in [0.25, 0.3) is 0 Å². The van der Waals surface area contributed by atoms with Crippen LogP contribution in [-0.2, 0) is 4.79 Å². The third kappa shape index (κ3) is 2.07. The molecule has 1 saturated heterocycles. The highest BCUT2D eigenvalue weighted by molar-refractivity contribution is 5.79. The number of nitrogens with zero attached hydrogens (tertiary/aromatic N) is 1. The second kappa shape index (κ2) is 4.61. The summed E-state index contributed by atoms with van der Waals surface area (Å²) < 4.78 is 12.8. The fraction of sp³-hybridized carbons (Fsp3) is 0.417. The lowest BCUT2D eigenvalue weighted by Crippen LogP contribution is -2.30. The molecule has 2 rings (SSSR count). The maximum atomic E-state index is 12.8. The van der Waals surface area contributed by atoms with Crippen LogP contribution in [0.2, 0.25) is 0 Å². The van der Waals surface area contributed by atoms with Crippen molar-refractivity contribution in [3.05, 3.63) is 35.6 Å². The van der Waals surface area contributed by atoms with E-state index in [0.717, 1.165) is 12.0 Å². The van der Waals surface area contributed by atoms with E-state index in [1.165, 1.54) is 12.1 Å². The quantitative estimate of drug-likeness (QED) is 0.843. The minimum Gasteiger partial charge on any atom is -0.395 e. The number of likely N-dealkylation sites (tertiary alicyclic amines) is 1. The summed E-state index contributed by atoms with van der Waals surface area (Å²) in [5, 5.41) is 8.90. The van der Waals surface area contributed by atoms with Gasteiger partial charge in [-0.2, -0.15) is 0 Å². The van der Waals surface area contributed by atoms with Gasteiger partial charge >= 0.3 is 0 Å². The topological polar surface area (TPSA) is 40.5 Å². The van der Waals surface area contributed by atoms with Crippen molar-refractivity contribution >= 4 is 5.91 Å². The maximum Gasteiger partial charge on any atom is 0.223 e. The Morgan fingerprint density at radius 2 is 2.06 bits per heavy atom. The Hall–Kier alpha value is -1.42. The van der Waals surface area contributed by atoms with Gasteiger partial charge in [-0.15, -0.1) is 0 Å². The molecule has 0 aromatic heterocycles. The van der Waals surface area contributed by atoms with Crippen molar-refractivity contribution in [2.45, 2.75) is 18.9 Å². The average molecular weight is 223 g/mol. The Labute approximate surface area is 93.5 Å². The van der Waals surface area contributed by atoms with Gasteiger partial charge in [-0.05, 0) is 24.1 Å². The Morgan fingerprint density at radius 1 is 1.38 bits per heavy atom. The van der Waals surface area contributed by atoms with Gasteiger partial charge in [0.2, 0.25) is 5.91 Å². The standard InChI is InChI=1S/C12H14FNO2/c13-10-3-1-9(2-4-10)11-5-6-12(16)14(11)7-8-15/h1-4,11,15H,5-8H2/t11-/m0/s1. The Balaban J connectivity index is 2.19. The molecule has 1 aromatic rings. The molecule has 0 saturated carbocycles. The van der Waals surface area contributed by atoms with E-state index in [1.54, 1.807) is 17.0 Å². The van der Waals surface area contributed by atoms with Crippen LogP contribution < -0.4 is 0 Å². The van der Waals surface area contributed by atoms with Crippen LogP contribution in [0.15, 0.2) is 24.3 Å². The number of aliphatic hydroxyl groups is 1. The van der Waals surface area contributed by atoms with E-state index in [2.05, 4.69) is 0 Å². The lowest BCUT2D eigenvalue weighted by molar-refractivity contribution is -0.129. The van der Waals surface area contributed by atoms with Crippen LogP contribution in [-0.4, -0.2) is 29.1 Å². The molecular weight excluding hydrogens is 209 g/mol. The number of carbonyl (C=O) groups is 1. The molecule has 0 unspecified atom stereocenters. The third-order valence-corrected chi connectivity index (χ3v) is 2.92. The highest BCUT2D eigenvalue weighted by Gasteiger charge is 2.31. The first-order valence-corrected chi connectivity index (χ1v) is 5.38. The summed E-state index contributed by atoms with van der Waals surface area (Å²) in [5.74, 6) is -0.217. The van der Waals surface area contributed by atoms with E-state index in [0.29, 0.717) is 13.0 Å². The first-order chi connectivity index (χ1) is 7.72. The van der Waals surface area contributed by atoms with Gasteiger partial charge in [0.25, 0.3) is 0 Å².